The van der Waals surface area contributed by atoms with Gasteiger partial charge in [0.15, 0.2) is 0 Å². The van der Waals surface area contributed by atoms with Crippen LogP contribution in [0.25, 0.3) is 0 Å². The van der Waals surface area contributed by atoms with Crippen LogP contribution in [0.1, 0.15) is 49.7 Å². The van der Waals surface area contributed by atoms with Crippen LogP contribution in [0.4, 0.5) is 5.82 Å². The van der Waals surface area contributed by atoms with Crippen molar-refractivity contribution in [3.8, 4) is 0 Å². The lowest BCUT2D eigenvalue weighted by molar-refractivity contribution is -0.137. The van der Waals surface area contributed by atoms with Gasteiger partial charge in [-0.3, -0.25) is 14.6 Å². The number of carboxylic acids is 1. The van der Waals surface area contributed by atoms with Gasteiger partial charge in [-0.25, -0.2) is 4.98 Å². The van der Waals surface area contributed by atoms with E-state index in [1.807, 2.05) is 29.2 Å². The number of aliphatic carboxylic acids is 1. The molecule has 3 heterocycles. The second-order valence-electron chi connectivity index (χ2n) is 8.15. The van der Waals surface area contributed by atoms with Crippen molar-refractivity contribution >= 4 is 17.7 Å². The summed E-state index contributed by atoms with van der Waals surface area (Å²) in [7, 11) is 0. The minimum absolute atomic E-state index is 0.135. The van der Waals surface area contributed by atoms with E-state index in [1.165, 1.54) is 5.56 Å². The summed E-state index contributed by atoms with van der Waals surface area (Å²) >= 11 is 0. The molecule has 0 aliphatic carbocycles. The smallest absolute Gasteiger partial charge is 0.303 e. The van der Waals surface area contributed by atoms with E-state index in [0.717, 1.165) is 63.1 Å². The topological polar surface area (TPSA) is 95.4 Å². The number of amides is 1. The molecule has 1 amide bonds. The van der Waals surface area contributed by atoms with E-state index < -0.39 is 5.97 Å². The molecule has 1 aliphatic heterocycles. The van der Waals surface area contributed by atoms with E-state index in [2.05, 4.69) is 15.3 Å². The first-order valence-corrected chi connectivity index (χ1v) is 11.2. The fourth-order valence-corrected chi connectivity index (χ4v) is 4.08. The minimum atomic E-state index is -0.778. The highest BCUT2D eigenvalue weighted by atomic mass is 16.4. The van der Waals surface area contributed by atoms with Crippen LogP contribution in [-0.2, 0) is 22.4 Å². The largest absolute Gasteiger partial charge is 0.481 e. The predicted octanol–water partition coefficient (Wildman–Crippen LogP) is 3.56. The molecule has 0 spiro atoms. The van der Waals surface area contributed by atoms with E-state index in [4.69, 9.17) is 5.11 Å². The van der Waals surface area contributed by atoms with Gasteiger partial charge in [-0.1, -0.05) is 6.07 Å². The van der Waals surface area contributed by atoms with Crippen LogP contribution in [0.15, 0.2) is 42.9 Å². The number of carbonyl (C=O) groups excluding carboxylic acids is 1. The number of hydrogen-bond acceptors (Lipinski definition) is 5. The van der Waals surface area contributed by atoms with Gasteiger partial charge in [0.05, 0.1) is 0 Å². The summed E-state index contributed by atoms with van der Waals surface area (Å²) in [5.41, 5.74) is 2.24. The zero-order valence-electron chi connectivity index (χ0n) is 18.0. The van der Waals surface area contributed by atoms with Gasteiger partial charge in [-0.15, -0.1) is 0 Å². The van der Waals surface area contributed by atoms with Crippen molar-refractivity contribution in [3.05, 3.63) is 54.0 Å². The Morgan fingerprint density at radius 1 is 1.06 bits per heavy atom. The zero-order valence-corrected chi connectivity index (χ0v) is 18.0. The van der Waals surface area contributed by atoms with Crippen LogP contribution in [-0.4, -0.2) is 51.5 Å². The summed E-state index contributed by atoms with van der Waals surface area (Å²) in [5, 5.41) is 12.2. The van der Waals surface area contributed by atoms with E-state index >= 15 is 0 Å². The summed E-state index contributed by atoms with van der Waals surface area (Å²) in [5.74, 6) is 0.914. The number of aryl methyl sites for hydroxylation is 2. The molecule has 0 radical (unpaired) electrons. The number of aromatic nitrogens is 2. The maximum Gasteiger partial charge on any atom is 0.303 e. The number of hydrogen-bond donors (Lipinski definition) is 2. The third kappa shape index (κ3) is 7.66. The Morgan fingerprint density at radius 2 is 1.90 bits per heavy atom. The van der Waals surface area contributed by atoms with Crippen molar-refractivity contribution in [1.82, 2.24) is 14.9 Å². The second-order valence-corrected chi connectivity index (χ2v) is 8.15. The molecule has 0 atom stereocenters. The quantitative estimate of drug-likeness (QED) is 0.536. The molecule has 166 valence electrons. The number of nitrogens with one attached hydrogen (secondary N) is 1. The zero-order chi connectivity index (χ0) is 21.9. The molecule has 7 heteroatoms. The number of anilines is 1. The van der Waals surface area contributed by atoms with Crippen molar-refractivity contribution in [2.45, 2.75) is 51.4 Å². The molecule has 1 fully saturated rings. The van der Waals surface area contributed by atoms with Gasteiger partial charge in [-0.05, 0) is 73.8 Å². The lowest BCUT2D eigenvalue weighted by Gasteiger charge is -2.32. The molecule has 0 unspecified atom stereocenters. The van der Waals surface area contributed by atoms with Crippen molar-refractivity contribution in [2.24, 2.45) is 5.92 Å². The van der Waals surface area contributed by atoms with Crippen molar-refractivity contribution in [1.29, 1.82) is 0 Å². The fourth-order valence-electron chi connectivity index (χ4n) is 4.08. The van der Waals surface area contributed by atoms with Crippen LogP contribution >= 0.6 is 0 Å². The Hall–Kier alpha value is -2.96. The summed E-state index contributed by atoms with van der Waals surface area (Å²) in [6, 6.07) is 7.76. The number of nitrogens with zero attached hydrogens (tertiary/aromatic N) is 3. The van der Waals surface area contributed by atoms with Gasteiger partial charge in [0, 0.05) is 51.1 Å². The highest BCUT2D eigenvalue weighted by Crippen LogP contribution is 2.24. The normalized spacial score (nSPS) is 14.4. The van der Waals surface area contributed by atoms with Crippen LogP contribution in [0.5, 0.6) is 0 Å². The molecule has 2 N–H and O–H groups in total. The molecule has 7 nitrogen and oxygen atoms in total. The number of carboxylic acid groups (broad SMARTS) is 1. The lowest BCUT2D eigenvalue weighted by Crippen LogP contribution is -2.38. The number of piperidine rings is 1. The molecule has 1 saturated heterocycles. The van der Waals surface area contributed by atoms with Gasteiger partial charge < -0.3 is 15.3 Å². The monoisotopic (exact) mass is 424 g/mol. The predicted molar refractivity (Wildman–Crippen MR) is 120 cm³/mol. The summed E-state index contributed by atoms with van der Waals surface area (Å²) in [6.07, 6.45) is 11.4. The van der Waals surface area contributed by atoms with Crippen LogP contribution in [0, 0.1) is 5.92 Å². The van der Waals surface area contributed by atoms with Crippen LogP contribution in [0.2, 0.25) is 0 Å². The van der Waals surface area contributed by atoms with Crippen LogP contribution < -0.4 is 5.32 Å². The molecule has 0 saturated carbocycles. The first kappa shape index (κ1) is 22.7. The van der Waals surface area contributed by atoms with Gasteiger partial charge in [0.25, 0.3) is 0 Å². The summed E-state index contributed by atoms with van der Waals surface area (Å²) in [6.45, 7) is 2.41. The maximum absolute atomic E-state index is 12.5. The fraction of sp³-hybridized carbons (Fsp3) is 0.500. The van der Waals surface area contributed by atoms with Crippen molar-refractivity contribution < 1.29 is 14.7 Å². The highest BCUT2D eigenvalue weighted by Gasteiger charge is 2.22. The molecule has 0 bridgehead atoms. The van der Waals surface area contributed by atoms with Gasteiger partial charge in [0.2, 0.25) is 5.91 Å². The number of rotatable bonds is 11. The SMILES string of the molecule is O=C(O)CCc1cnccc1CCC1CCN(C(=O)CCCNc2ccccn2)CC1. The molecular formula is C24H32N4O3. The number of likely N-dealkylation sites (tertiary alicyclic amines) is 1. The molecule has 31 heavy (non-hydrogen) atoms. The molecular weight excluding hydrogens is 392 g/mol. The highest BCUT2D eigenvalue weighted by molar-refractivity contribution is 5.76. The molecule has 0 aromatic carbocycles. The summed E-state index contributed by atoms with van der Waals surface area (Å²) in [4.78, 5) is 33.7. The van der Waals surface area contributed by atoms with Crippen molar-refractivity contribution in [2.75, 3.05) is 25.0 Å². The molecule has 2 aromatic rings. The average Bonchev–Trinajstić information content (AvgIpc) is 2.80. The van der Waals surface area contributed by atoms with Gasteiger partial charge in [0.1, 0.15) is 5.82 Å². The molecule has 2 aromatic heterocycles. The average molecular weight is 425 g/mol. The first-order valence-electron chi connectivity index (χ1n) is 11.2. The van der Waals surface area contributed by atoms with Gasteiger partial charge in [-0.2, -0.15) is 0 Å². The van der Waals surface area contributed by atoms with Gasteiger partial charge >= 0.3 is 5.97 Å². The van der Waals surface area contributed by atoms with Crippen LogP contribution in [0.3, 0.4) is 0 Å². The Labute approximate surface area is 183 Å². The molecule has 1 aliphatic rings. The Bertz CT molecular complexity index is 836. The summed E-state index contributed by atoms with van der Waals surface area (Å²) < 4.78 is 0. The third-order valence-corrected chi connectivity index (χ3v) is 5.94. The number of carbonyl (C=O) groups is 2. The second kappa shape index (κ2) is 12.0. The van der Waals surface area contributed by atoms with E-state index in [-0.39, 0.29) is 12.3 Å². The van der Waals surface area contributed by atoms with E-state index in [0.29, 0.717) is 18.8 Å². The standard InChI is InChI=1S/C24H32N4O3/c29-23(5-3-14-27-22-4-1-2-13-26-22)28-16-11-19(12-17-28)6-7-20-10-15-25-18-21(20)8-9-24(30)31/h1-2,4,10,13,15,18-19H,3,5-9,11-12,14,16-17H2,(H,26,27)(H,30,31). The van der Waals surface area contributed by atoms with Crippen molar-refractivity contribution in [3.63, 3.8) is 0 Å². The molecule has 3 rings (SSSR count). The van der Waals surface area contributed by atoms with E-state index in [1.54, 1.807) is 18.6 Å². The maximum atomic E-state index is 12.5. The van der Waals surface area contributed by atoms with E-state index in [9.17, 15) is 9.59 Å². The first-order chi connectivity index (χ1) is 15.1. The number of pyridine rings is 2. The third-order valence-electron chi connectivity index (χ3n) is 5.94. The Morgan fingerprint density at radius 3 is 2.65 bits per heavy atom. The Kier molecular flexibility index (Phi) is 8.82. The minimum Gasteiger partial charge on any atom is -0.481 e. The lowest BCUT2D eigenvalue weighted by atomic mass is 9.89. The Balaban J connectivity index is 1.34.